The Hall–Kier alpha value is -0.810. The first-order chi connectivity index (χ1) is 7.17. The van der Waals surface area contributed by atoms with Crippen molar-refractivity contribution < 1.29 is 14.3 Å². The van der Waals surface area contributed by atoms with Crippen LogP contribution in [0.4, 0.5) is 4.79 Å². The molecule has 0 aliphatic carbocycles. The monoisotopic (exact) mass is 218 g/mol. The highest BCUT2D eigenvalue weighted by Gasteiger charge is 2.10. The number of urea groups is 1. The van der Waals surface area contributed by atoms with Crippen molar-refractivity contribution >= 4 is 6.03 Å². The van der Waals surface area contributed by atoms with E-state index in [2.05, 4.69) is 10.6 Å². The van der Waals surface area contributed by atoms with Crippen LogP contribution in [-0.2, 0) is 9.47 Å². The van der Waals surface area contributed by atoms with Gasteiger partial charge in [-0.25, -0.2) is 4.79 Å². The lowest BCUT2D eigenvalue weighted by atomic mass is 10.2. The number of nitrogens with one attached hydrogen (secondary N) is 2. The smallest absolute Gasteiger partial charge is 0.315 e. The molecule has 0 heterocycles. The van der Waals surface area contributed by atoms with Gasteiger partial charge in [-0.05, 0) is 12.8 Å². The molecule has 15 heavy (non-hydrogen) atoms. The highest BCUT2D eigenvalue weighted by Crippen LogP contribution is 1.95. The van der Waals surface area contributed by atoms with Gasteiger partial charge >= 0.3 is 6.03 Å². The third kappa shape index (κ3) is 6.30. The summed E-state index contributed by atoms with van der Waals surface area (Å²) in [6, 6.07) is 0.0522. The Morgan fingerprint density at radius 3 is 2.13 bits per heavy atom. The molecule has 2 amide bonds. The minimum atomic E-state index is -0.391. The predicted molar refractivity (Wildman–Crippen MR) is 58.7 cm³/mol. The molecule has 0 fully saturated rings. The van der Waals surface area contributed by atoms with Gasteiger partial charge in [-0.15, -0.1) is 0 Å². The molecule has 0 rings (SSSR count). The molecular formula is C10H22N2O3. The van der Waals surface area contributed by atoms with E-state index in [0.717, 1.165) is 12.8 Å². The Bertz CT molecular complexity index is 168. The maximum Gasteiger partial charge on any atom is 0.315 e. The quantitative estimate of drug-likeness (QED) is 0.629. The number of hydrogen-bond acceptors (Lipinski definition) is 3. The van der Waals surface area contributed by atoms with Crippen molar-refractivity contribution in [3.63, 3.8) is 0 Å². The van der Waals surface area contributed by atoms with Gasteiger partial charge in [0.05, 0.1) is 6.54 Å². The molecule has 0 radical (unpaired) electrons. The molecule has 0 aromatic rings. The predicted octanol–water partition coefficient (Wildman–Crippen LogP) is 1.09. The maximum atomic E-state index is 11.4. The van der Waals surface area contributed by atoms with Gasteiger partial charge in [0.25, 0.3) is 0 Å². The van der Waals surface area contributed by atoms with Crippen molar-refractivity contribution in [2.45, 2.75) is 39.0 Å². The number of methoxy groups -OCH3 is 2. The summed E-state index contributed by atoms with van der Waals surface area (Å²) >= 11 is 0. The van der Waals surface area contributed by atoms with E-state index in [4.69, 9.17) is 9.47 Å². The Kier molecular flexibility index (Phi) is 8.04. The highest BCUT2D eigenvalue weighted by atomic mass is 16.7. The van der Waals surface area contributed by atoms with E-state index >= 15 is 0 Å². The van der Waals surface area contributed by atoms with Crippen molar-refractivity contribution in [1.82, 2.24) is 10.6 Å². The van der Waals surface area contributed by atoms with E-state index in [-0.39, 0.29) is 12.1 Å². The fourth-order valence-electron chi connectivity index (χ4n) is 1.17. The van der Waals surface area contributed by atoms with E-state index in [1.54, 1.807) is 0 Å². The third-order valence-electron chi connectivity index (χ3n) is 2.28. The molecule has 5 nitrogen and oxygen atoms in total. The molecule has 2 N–H and O–H groups in total. The molecule has 0 atom stereocenters. The van der Waals surface area contributed by atoms with Gasteiger partial charge in [-0.2, -0.15) is 0 Å². The van der Waals surface area contributed by atoms with Crippen LogP contribution in [0.1, 0.15) is 26.7 Å². The van der Waals surface area contributed by atoms with Gasteiger partial charge in [0.1, 0.15) is 0 Å². The van der Waals surface area contributed by atoms with Crippen LogP contribution in [0.2, 0.25) is 0 Å². The fourth-order valence-corrected chi connectivity index (χ4v) is 1.17. The van der Waals surface area contributed by atoms with E-state index in [1.165, 1.54) is 14.2 Å². The van der Waals surface area contributed by atoms with E-state index in [9.17, 15) is 4.79 Å². The first-order valence-corrected chi connectivity index (χ1v) is 5.27. The van der Waals surface area contributed by atoms with Crippen molar-refractivity contribution in [2.24, 2.45) is 0 Å². The zero-order chi connectivity index (χ0) is 11.7. The van der Waals surface area contributed by atoms with Gasteiger partial charge < -0.3 is 20.1 Å². The second-order valence-corrected chi connectivity index (χ2v) is 3.27. The van der Waals surface area contributed by atoms with Gasteiger partial charge in [-0.3, -0.25) is 0 Å². The van der Waals surface area contributed by atoms with Crippen LogP contribution in [0, 0.1) is 0 Å². The number of carbonyl (C=O) groups excluding carboxylic acids is 1. The van der Waals surface area contributed by atoms with E-state index in [1.807, 2.05) is 13.8 Å². The second-order valence-electron chi connectivity index (χ2n) is 3.27. The van der Waals surface area contributed by atoms with Crippen molar-refractivity contribution in [3.05, 3.63) is 0 Å². The normalized spacial score (nSPS) is 10.8. The molecule has 0 saturated carbocycles. The first-order valence-electron chi connectivity index (χ1n) is 5.27. The van der Waals surface area contributed by atoms with Crippen LogP contribution < -0.4 is 10.6 Å². The summed E-state index contributed by atoms with van der Waals surface area (Å²) in [4.78, 5) is 11.4. The summed E-state index contributed by atoms with van der Waals surface area (Å²) in [5.74, 6) is 0. The van der Waals surface area contributed by atoms with Gasteiger partial charge in [0, 0.05) is 20.3 Å². The number of amides is 2. The number of ether oxygens (including phenoxy) is 2. The van der Waals surface area contributed by atoms with Crippen LogP contribution >= 0.6 is 0 Å². The first kappa shape index (κ1) is 14.2. The summed E-state index contributed by atoms with van der Waals surface area (Å²) in [5.41, 5.74) is 0. The third-order valence-corrected chi connectivity index (χ3v) is 2.28. The van der Waals surface area contributed by atoms with Crippen molar-refractivity contribution in [3.8, 4) is 0 Å². The van der Waals surface area contributed by atoms with Crippen LogP contribution in [-0.4, -0.2) is 39.1 Å². The molecule has 5 heteroatoms. The van der Waals surface area contributed by atoms with Crippen molar-refractivity contribution in [2.75, 3.05) is 20.8 Å². The lowest BCUT2D eigenvalue weighted by Gasteiger charge is -2.17. The molecule has 90 valence electrons. The van der Waals surface area contributed by atoms with E-state index in [0.29, 0.717) is 6.54 Å². The molecule has 0 saturated heterocycles. The summed E-state index contributed by atoms with van der Waals surface area (Å²) in [6.45, 7) is 4.43. The van der Waals surface area contributed by atoms with Crippen LogP contribution in [0.25, 0.3) is 0 Å². The zero-order valence-corrected chi connectivity index (χ0v) is 10.0. The SMILES string of the molecule is CCC(CC)NC(=O)NCC(OC)OC. The molecular weight excluding hydrogens is 196 g/mol. The van der Waals surface area contributed by atoms with Crippen LogP contribution in [0.15, 0.2) is 0 Å². The van der Waals surface area contributed by atoms with Crippen LogP contribution in [0.5, 0.6) is 0 Å². The zero-order valence-electron chi connectivity index (χ0n) is 10.0. The minimum Gasteiger partial charge on any atom is -0.354 e. The average molecular weight is 218 g/mol. The second kappa shape index (κ2) is 8.49. The standard InChI is InChI=1S/C10H22N2O3/c1-5-8(6-2)12-10(13)11-7-9(14-3)15-4/h8-9H,5-7H2,1-4H3,(H2,11,12,13). The minimum absolute atomic E-state index is 0.178. The molecule has 0 spiro atoms. The lowest BCUT2D eigenvalue weighted by molar-refractivity contribution is -0.0972. The molecule has 0 aliphatic rings. The van der Waals surface area contributed by atoms with Crippen molar-refractivity contribution in [1.29, 1.82) is 0 Å². The fraction of sp³-hybridized carbons (Fsp3) is 0.900. The van der Waals surface area contributed by atoms with Gasteiger partial charge in [-0.1, -0.05) is 13.8 Å². The number of rotatable bonds is 7. The summed E-state index contributed by atoms with van der Waals surface area (Å²) in [5, 5.41) is 5.54. The topological polar surface area (TPSA) is 59.6 Å². The molecule has 0 unspecified atom stereocenters. The average Bonchev–Trinajstić information content (AvgIpc) is 2.27. The summed E-state index contributed by atoms with van der Waals surface area (Å²) in [7, 11) is 3.07. The summed E-state index contributed by atoms with van der Waals surface area (Å²) < 4.78 is 9.89. The Balaban J connectivity index is 3.73. The van der Waals surface area contributed by atoms with E-state index < -0.39 is 6.29 Å². The Labute approximate surface area is 91.5 Å². The summed E-state index contributed by atoms with van der Waals surface area (Å²) in [6.07, 6.45) is 1.47. The molecule has 0 aromatic heterocycles. The number of carbonyl (C=O) groups is 1. The molecule has 0 bridgehead atoms. The Morgan fingerprint density at radius 1 is 1.20 bits per heavy atom. The Morgan fingerprint density at radius 2 is 1.73 bits per heavy atom. The van der Waals surface area contributed by atoms with Crippen LogP contribution in [0.3, 0.4) is 0 Å². The van der Waals surface area contributed by atoms with Gasteiger partial charge in [0.15, 0.2) is 6.29 Å². The highest BCUT2D eigenvalue weighted by molar-refractivity contribution is 5.74. The molecule has 0 aliphatic heterocycles. The van der Waals surface area contributed by atoms with Gasteiger partial charge in [0.2, 0.25) is 0 Å². The molecule has 0 aromatic carbocycles. The maximum absolute atomic E-state index is 11.4. The lowest BCUT2D eigenvalue weighted by Crippen LogP contribution is -2.44. The largest absolute Gasteiger partial charge is 0.354 e. The number of hydrogen-bond donors (Lipinski definition) is 2.